The third kappa shape index (κ3) is 4.41. The van der Waals surface area contributed by atoms with Crippen molar-refractivity contribution >= 4 is 45.6 Å². The molecule has 6 nitrogen and oxygen atoms in total. The van der Waals surface area contributed by atoms with E-state index in [1.807, 2.05) is 30.0 Å². The molecule has 1 N–H and O–H groups in total. The minimum absolute atomic E-state index is 0.0198. The number of aryl methyl sites for hydroxylation is 2. The van der Waals surface area contributed by atoms with Crippen LogP contribution in [0.2, 0.25) is 5.02 Å². The molecule has 0 bridgehead atoms. The van der Waals surface area contributed by atoms with E-state index in [0.717, 1.165) is 61.8 Å². The maximum absolute atomic E-state index is 12.8. The maximum Gasteiger partial charge on any atom is 0.227 e. The molecule has 2 amide bonds. The Hall–Kier alpha value is -2.12. The minimum atomic E-state index is -0.0669. The van der Waals surface area contributed by atoms with Crippen LogP contribution >= 0.6 is 22.9 Å². The minimum Gasteiger partial charge on any atom is -0.345 e. The highest BCUT2D eigenvalue weighted by atomic mass is 35.5. The monoisotopic (exact) mass is 432 g/mol. The molecule has 0 saturated carbocycles. The van der Waals surface area contributed by atoms with E-state index in [9.17, 15) is 9.59 Å². The first-order valence-corrected chi connectivity index (χ1v) is 11.2. The normalized spacial score (nSPS) is 19.1. The molecular formula is C21H25ClN4O2S. The number of thiazole rings is 1. The number of carbonyl (C=O) groups excluding carboxylic acids is 2. The lowest BCUT2D eigenvalue weighted by molar-refractivity contribution is -0.129. The number of carbonyl (C=O) groups is 2. The van der Waals surface area contributed by atoms with Gasteiger partial charge in [0.25, 0.3) is 0 Å². The Kier molecular flexibility index (Phi) is 5.79. The number of fused-ring (bicyclic) bond motifs is 1. The standard InChI is InChI=1S/C21H25ClN4O2S/c1-13-3-5-17(16(22)11-13)23-20(28)15-4-6-18-19(12-15)29-21(24-18)26-9-7-25(8-10-26)14(2)27/h3,5,11,15H,4,6-10,12H2,1-2H3,(H,23,28)/t15-/m0/s1. The summed E-state index contributed by atoms with van der Waals surface area (Å²) in [5.74, 6) is 0.0831. The quantitative estimate of drug-likeness (QED) is 0.805. The fraction of sp³-hybridized carbons (Fsp3) is 0.476. The van der Waals surface area contributed by atoms with Gasteiger partial charge < -0.3 is 15.1 Å². The van der Waals surface area contributed by atoms with E-state index in [-0.39, 0.29) is 17.7 Å². The third-order valence-corrected chi connectivity index (χ3v) is 7.17. The van der Waals surface area contributed by atoms with Gasteiger partial charge in [0.15, 0.2) is 5.13 Å². The zero-order valence-corrected chi connectivity index (χ0v) is 18.3. The van der Waals surface area contributed by atoms with Gasteiger partial charge in [0.1, 0.15) is 0 Å². The molecule has 1 aromatic heterocycles. The van der Waals surface area contributed by atoms with Crippen LogP contribution in [0.1, 0.15) is 29.5 Å². The first-order valence-electron chi connectivity index (χ1n) is 9.97. The van der Waals surface area contributed by atoms with Gasteiger partial charge in [0.05, 0.1) is 16.4 Å². The van der Waals surface area contributed by atoms with Crippen LogP contribution in [0.5, 0.6) is 0 Å². The van der Waals surface area contributed by atoms with Gasteiger partial charge in [-0.1, -0.05) is 17.7 Å². The summed E-state index contributed by atoms with van der Waals surface area (Å²) in [5, 5.41) is 4.57. The zero-order chi connectivity index (χ0) is 20.5. The molecule has 0 unspecified atom stereocenters. The number of aromatic nitrogens is 1. The molecular weight excluding hydrogens is 408 g/mol. The molecule has 1 aliphatic carbocycles. The molecule has 4 rings (SSSR count). The van der Waals surface area contributed by atoms with Crippen molar-refractivity contribution in [2.75, 3.05) is 36.4 Å². The summed E-state index contributed by atoms with van der Waals surface area (Å²) in [4.78, 5) is 34.5. The van der Waals surface area contributed by atoms with E-state index < -0.39 is 0 Å². The molecule has 0 radical (unpaired) electrons. The molecule has 2 aliphatic rings. The van der Waals surface area contributed by atoms with Gasteiger partial charge in [0, 0.05) is 43.9 Å². The highest BCUT2D eigenvalue weighted by molar-refractivity contribution is 7.15. The van der Waals surface area contributed by atoms with Gasteiger partial charge in [-0.05, 0) is 43.9 Å². The summed E-state index contributed by atoms with van der Waals surface area (Å²) >= 11 is 7.95. The van der Waals surface area contributed by atoms with Crippen LogP contribution in [0.4, 0.5) is 10.8 Å². The Morgan fingerprint density at radius 1 is 1.24 bits per heavy atom. The van der Waals surface area contributed by atoms with E-state index in [0.29, 0.717) is 10.7 Å². The Bertz CT molecular complexity index is 937. The predicted octanol–water partition coefficient (Wildman–Crippen LogP) is 3.52. The van der Waals surface area contributed by atoms with Crippen molar-refractivity contribution in [3.05, 3.63) is 39.4 Å². The second-order valence-electron chi connectivity index (χ2n) is 7.77. The Labute approximate surface area is 179 Å². The van der Waals surface area contributed by atoms with Gasteiger partial charge in [-0.3, -0.25) is 9.59 Å². The van der Waals surface area contributed by atoms with Crippen molar-refractivity contribution in [1.29, 1.82) is 0 Å². The van der Waals surface area contributed by atoms with Crippen LogP contribution in [-0.4, -0.2) is 47.9 Å². The molecule has 1 fully saturated rings. The lowest BCUT2D eigenvalue weighted by Gasteiger charge is -2.33. The molecule has 1 aliphatic heterocycles. The highest BCUT2D eigenvalue weighted by Crippen LogP contribution is 2.35. The first kappa shape index (κ1) is 20.2. The van der Waals surface area contributed by atoms with E-state index in [2.05, 4.69) is 10.2 Å². The van der Waals surface area contributed by atoms with Crippen LogP contribution in [-0.2, 0) is 22.4 Å². The fourth-order valence-electron chi connectivity index (χ4n) is 3.89. The van der Waals surface area contributed by atoms with E-state index >= 15 is 0 Å². The molecule has 154 valence electrons. The molecule has 1 saturated heterocycles. The summed E-state index contributed by atoms with van der Waals surface area (Å²) < 4.78 is 0. The van der Waals surface area contributed by atoms with Crippen molar-refractivity contribution in [2.45, 2.75) is 33.1 Å². The average molecular weight is 433 g/mol. The lowest BCUT2D eigenvalue weighted by Crippen LogP contribution is -2.48. The summed E-state index contributed by atoms with van der Waals surface area (Å²) in [6.07, 6.45) is 2.33. The van der Waals surface area contributed by atoms with Gasteiger partial charge in [-0.2, -0.15) is 0 Å². The fourth-order valence-corrected chi connectivity index (χ4v) is 5.41. The largest absolute Gasteiger partial charge is 0.345 e. The Balaban J connectivity index is 1.40. The second kappa shape index (κ2) is 8.32. The number of amides is 2. The molecule has 29 heavy (non-hydrogen) atoms. The number of hydrogen-bond acceptors (Lipinski definition) is 5. The van der Waals surface area contributed by atoms with Crippen molar-refractivity contribution in [3.8, 4) is 0 Å². The van der Waals surface area contributed by atoms with Crippen LogP contribution in [0.15, 0.2) is 18.2 Å². The topological polar surface area (TPSA) is 65.5 Å². The number of nitrogens with zero attached hydrogens (tertiary/aromatic N) is 3. The number of rotatable bonds is 3. The molecule has 2 heterocycles. The number of hydrogen-bond donors (Lipinski definition) is 1. The Morgan fingerprint density at radius 2 is 2.00 bits per heavy atom. The highest BCUT2D eigenvalue weighted by Gasteiger charge is 2.29. The van der Waals surface area contributed by atoms with Gasteiger partial charge in [-0.15, -0.1) is 11.3 Å². The van der Waals surface area contributed by atoms with E-state index in [4.69, 9.17) is 16.6 Å². The summed E-state index contributed by atoms with van der Waals surface area (Å²) in [7, 11) is 0. The van der Waals surface area contributed by atoms with Crippen molar-refractivity contribution in [3.63, 3.8) is 0 Å². The average Bonchev–Trinajstić information content (AvgIpc) is 3.13. The number of benzene rings is 1. The summed E-state index contributed by atoms with van der Waals surface area (Å²) in [5.41, 5.74) is 2.86. The smallest absolute Gasteiger partial charge is 0.227 e. The first-order chi connectivity index (χ1) is 13.9. The lowest BCUT2D eigenvalue weighted by atomic mass is 9.90. The van der Waals surface area contributed by atoms with Crippen LogP contribution in [0.3, 0.4) is 0 Å². The zero-order valence-electron chi connectivity index (χ0n) is 16.7. The third-order valence-electron chi connectivity index (χ3n) is 5.68. The summed E-state index contributed by atoms with van der Waals surface area (Å²) in [6, 6.07) is 5.66. The van der Waals surface area contributed by atoms with Crippen molar-refractivity contribution in [1.82, 2.24) is 9.88 Å². The van der Waals surface area contributed by atoms with E-state index in [1.54, 1.807) is 18.3 Å². The Morgan fingerprint density at radius 3 is 2.69 bits per heavy atom. The van der Waals surface area contributed by atoms with Gasteiger partial charge in [-0.25, -0.2) is 4.98 Å². The molecule has 1 aromatic carbocycles. The number of piperazine rings is 1. The molecule has 8 heteroatoms. The maximum atomic E-state index is 12.8. The second-order valence-corrected chi connectivity index (χ2v) is 9.24. The van der Waals surface area contributed by atoms with Gasteiger partial charge >= 0.3 is 0 Å². The van der Waals surface area contributed by atoms with Crippen LogP contribution in [0.25, 0.3) is 0 Å². The predicted molar refractivity (Wildman–Crippen MR) is 117 cm³/mol. The molecule has 2 aromatic rings. The van der Waals surface area contributed by atoms with Crippen LogP contribution in [0, 0.1) is 12.8 Å². The summed E-state index contributed by atoms with van der Waals surface area (Å²) in [6.45, 7) is 6.68. The van der Waals surface area contributed by atoms with Gasteiger partial charge in [0.2, 0.25) is 11.8 Å². The van der Waals surface area contributed by atoms with Crippen LogP contribution < -0.4 is 10.2 Å². The SMILES string of the molecule is CC(=O)N1CCN(c2nc3c(s2)C[C@@H](C(=O)Nc2ccc(C)cc2Cl)CC3)CC1. The molecule has 0 spiro atoms. The molecule has 1 atom stereocenters. The number of anilines is 2. The van der Waals surface area contributed by atoms with Crippen molar-refractivity contribution in [2.24, 2.45) is 5.92 Å². The van der Waals surface area contributed by atoms with Crippen molar-refractivity contribution < 1.29 is 9.59 Å². The number of nitrogens with one attached hydrogen (secondary N) is 1. The number of halogens is 1. The van der Waals surface area contributed by atoms with E-state index in [1.165, 1.54) is 4.88 Å².